The van der Waals surface area contributed by atoms with Crippen LogP contribution in [0.3, 0.4) is 0 Å². The highest BCUT2D eigenvalue weighted by atomic mass is 32.1. The number of rotatable bonds is 3. The molecule has 0 aliphatic rings. The molecule has 0 amide bonds. The smallest absolute Gasteiger partial charge is 0.110 e. The number of thiocarbonyl (C=S) groups is 1. The van der Waals surface area contributed by atoms with E-state index in [4.69, 9.17) is 12.2 Å². The van der Waals surface area contributed by atoms with Gasteiger partial charge in [0.2, 0.25) is 0 Å². The molecule has 1 rings (SSSR count). The Hall–Kier alpha value is -1.41. The van der Waals surface area contributed by atoms with Crippen LogP contribution in [0.15, 0.2) is 55.3 Å². The Kier molecular flexibility index (Phi) is 3.93. The molecule has 1 N–H and O–H groups in total. The molecule has 66 valence electrons. The minimum absolute atomic E-state index is 0.721. The molecule has 0 spiro atoms. The Balaban J connectivity index is 2.59. The number of nitrogens with one attached hydrogen (secondary N) is 1. The van der Waals surface area contributed by atoms with Crippen molar-refractivity contribution in [1.29, 1.82) is 0 Å². The van der Waals surface area contributed by atoms with Gasteiger partial charge in [-0.25, -0.2) is 0 Å². The van der Waals surface area contributed by atoms with Crippen LogP contribution >= 0.6 is 12.2 Å². The van der Waals surface area contributed by atoms with Crippen molar-refractivity contribution in [3.8, 4) is 0 Å². The highest BCUT2D eigenvalue weighted by Gasteiger charge is 1.94. The monoisotopic (exact) mass is 189 g/mol. The molecule has 1 nitrogen and oxygen atoms in total. The lowest BCUT2D eigenvalue weighted by Gasteiger charge is -2.01. The molecule has 0 saturated heterocycles. The molecular formula is C11H11NS. The van der Waals surface area contributed by atoms with Crippen LogP contribution in [0.2, 0.25) is 0 Å². The van der Waals surface area contributed by atoms with Gasteiger partial charge in [-0.2, -0.15) is 0 Å². The summed E-state index contributed by atoms with van der Waals surface area (Å²) in [6, 6.07) is 9.82. The molecule has 1 aromatic rings. The summed E-state index contributed by atoms with van der Waals surface area (Å²) in [4.78, 5) is 0.721. The fourth-order valence-electron chi connectivity index (χ4n) is 0.865. The predicted molar refractivity (Wildman–Crippen MR) is 60.6 cm³/mol. The van der Waals surface area contributed by atoms with E-state index in [1.165, 1.54) is 0 Å². The molecule has 0 heterocycles. The van der Waals surface area contributed by atoms with E-state index in [1.807, 2.05) is 30.3 Å². The summed E-state index contributed by atoms with van der Waals surface area (Å²) in [6.07, 6.45) is 5.26. The molecule has 1 aromatic carbocycles. The molecule has 0 aliphatic heterocycles. The van der Waals surface area contributed by atoms with Gasteiger partial charge in [0.05, 0.1) is 0 Å². The van der Waals surface area contributed by atoms with Crippen LogP contribution in [-0.2, 0) is 0 Å². The van der Waals surface area contributed by atoms with E-state index in [1.54, 1.807) is 18.4 Å². The van der Waals surface area contributed by atoms with Gasteiger partial charge in [-0.3, -0.25) is 0 Å². The third-order valence-corrected chi connectivity index (χ3v) is 1.84. The molecule has 0 saturated carbocycles. The molecule has 0 aromatic heterocycles. The molecule has 0 atom stereocenters. The third kappa shape index (κ3) is 3.22. The molecule has 0 unspecified atom stereocenters. The first-order chi connectivity index (χ1) is 6.34. The average Bonchev–Trinajstić information content (AvgIpc) is 2.19. The SMILES string of the molecule is C=C/C=C\NC(=S)c1ccccc1. The summed E-state index contributed by atoms with van der Waals surface area (Å²) in [5.41, 5.74) is 1.02. The summed E-state index contributed by atoms with van der Waals surface area (Å²) in [5, 5.41) is 2.98. The molecule has 0 aliphatic carbocycles. The lowest BCUT2D eigenvalue weighted by molar-refractivity contribution is 1.30. The second kappa shape index (κ2) is 5.27. The summed E-state index contributed by atoms with van der Waals surface area (Å²) in [7, 11) is 0. The number of hydrogen-bond donors (Lipinski definition) is 1. The Morgan fingerprint density at radius 2 is 2.00 bits per heavy atom. The van der Waals surface area contributed by atoms with Crippen molar-refractivity contribution in [2.75, 3.05) is 0 Å². The zero-order chi connectivity index (χ0) is 9.52. The molecule has 0 fully saturated rings. The second-order valence-electron chi connectivity index (χ2n) is 2.43. The summed E-state index contributed by atoms with van der Waals surface area (Å²) < 4.78 is 0. The van der Waals surface area contributed by atoms with E-state index in [9.17, 15) is 0 Å². The first-order valence-electron chi connectivity index (χ1n) is 3.98. The van der Waals surface area contributed by atoms with Crippen LogP contribution in [0.1, 0.15) is 5.56 Å². The standard InChI is InChI=1S/C11H11NS/c1-2-3-9-12-11(13)10-7-5-4-6-8-10/h2-9H,1H2,(H,12,13)/b9-3-. The fraction of sp³-hybridized carbons (Fsp3) is 0. The minimum Gasteiger partial charge on any atom is -0.352 e. The molecule has 2 heteroatoms. The third-order valence-electron chi connectivity index (χ3n) is 1.48. The van der Waals surface area contributed by atoms with Crippen LogP contribution in [-0.4, -0.2) is 4.99 Å². The van der Waals surface area contributed by atoms with E-state index < -0.39 is 0 Å². The highest BCUT2D eigenvalue weighted by Crippen LogP contribution is 1.98. The summed E-state index contributed by atoms with van der Waals surface area (Å²) >= 11 is 5.14. The maximum atomic E-state index is 5.14. The Morgan fingerprint density at radius 1 is 1.31 bits per heavy atom. The first kappa shape index (κ1) is 9.68. The summed E-state index contributed by atoms with van der Waals surface area (Å²) in [5.74, 6) is 0. The lowest BCUT2D eigenvalue weighted by atomic mass is 10.2. The van der Waals surface area contributed by atoms with Gasteiger partial charge < -0.3 is 5.32 Å². The van der Waals surface area contributed by atoms with Crippen LogP contribution in [0.25, 0.3) is 0 Å². The van der Waals surface area contributed by atoms with Crippen molar-refractivity contribution in [3.05, 3.63) is 60.8 Å². The average molecular weight is 189 g/mol. The second-order valence-corrected chi connectivity index (χ2v) is 2.84. The molecule has 0 bridgehead atoms. The first-order valence-corrected chi connectivity index (χ1v) is 4.39. The maximum Gasteiger partial charge on any atom is 0.110 e. The molecular weight excluding hydrogens is 178 g/mol. The topological polar surface area (TPSA) is 12.0 Å². The van der Waals surface area contributed by atoms with Crippen LogP contribution < -0.4 is 5.32 Å². The zero-order valence-corrected chi connectivity index (χ0v) is 8.05. The van der Waals surface area contributed by atoms with Crippen LogP contribution in [0, 0.1) is 0 Å². The highest BCUT2D eigenvalue weighted by molar-refractivity contribution is 7.80. The van der Waals surface area contributed by atoms with Gasteiger partial charge in [0.25, 0.3) is 0 Å². The van der Waals surface area contributed by atoms with Crippen molar-refractivity contribution in [2.45, 2.75) is 0 Å². The number of allylic oxidation sites excluding steroid dienone is 2. The summed E-state index contributed by atoms with van der Waals surface area (Å²) in [6.45, 7) is 3.56. The van der Waals surface area contributed by atoms with E-state index >= 15 is 0 Å². The van der Waals surface area contributed by atoms with Gasteiger partial charge in [0.1, 0.15) is 4.99 Å². The van der Waals surface area contributed by atoms with Crippen molar-refractivity contribution >= 4 is 17.2 Å². The van der Waals surface area contributed by atoms with Crippen molar-refractivity contribution in [3.63, 3.8) is 0 Å². The predicted octanol–water partition coefficient (Wildman–Crippen LogP) is 2.65. The normalized spacial score (nSPS) is 9.85. The van der Waals surface area contributed by atoms with Gasteiger partial charge in [-0.15, -0.1) is 0 Å². The lowest BCUT2D eigenvalue weighted by Crippen LogP contribution is -2.15. The number of hydrogen-bond acceptors (Lipinski definition) is 1. The van der Waals surface area contributed by atoms with Crippen LogP contribution in [0.5, 0.6) is 0 Å². The van der Waals surface area contributed by atoms with Crippen LogP contribution in [0.4, 0.5) is 0 Å². The molecule has 0 radical (unpaired) electrons. The zero-order valence-electron chi connectivity index (χ0n) is 7.23. The van der Waals surface area contributed by atoms with Gasteiger partial charge in [0.15, 0.2) is 0 Å². The Morgan fingerprint density at radius 3 is 2.62 bits per heavy atom. The van der Waals surface area contributed by atoms with E-state index in [0.29, 0.717) is 0 Å². The van der Waals surface area contributed by atoms with E-state index in [-0.39, 0.29) is 0 Å². The van der Waals surface area contributed by atoms with Gasteiger partial charge in [0, 0.05) is 11.8 Å². The minimum atomic E-state index is 0.721. The van der Waals surface area contributed by atoms with Gasteiger partial charge in [-0.05, 0) is 6.08 Å². The van der Waals surface area contributed by atoms with Crippen molar-refractivity contribution in [2.24, 2.45) is 0 Å². The maximum absolute atomic E-state index is 5.14. The van der Waals surface area contributed by atoms with Gasteiger partial charge >= 0.3 is 0 Å². The Labute approximate surface area is 83.8 Å². The van der Waals surface area contributed by atoms with Crippen molar-refractivity contribution < 1.29 is 0 Å². The quantitative estimate of drug-likeness (QED) is 0.579. The number of benzene rings is 1. The Bertz CT molecular complexity index is 314. The van der Waals surface area contributed by atoms with E-state index in [2.05, 4.69) is 11.9 Å². The largest absolute Gasteiger partial charge is 0.352 e. The van der Waals surface area contributed by atoms with Crippen molar-refractivity contribution in [1.82, 2.24) is 5.32 Å². The van der Waals surface area contributed by atoms with Gasteiger partial charge in [-0.1, -0.05) is 55.2 Å². The fourth-order valence-corrected chi connectivity index (χ4v) is 1.07. The molecule has 13 heavy (non-hydrogen) atoms. The van der Waals surface area contributed by atoms with E-state index in [0.717, 1.165) is 10.6 Å².